The Hall–Kier alpha value is -1.31. The van der Waals surface area contributed by atoms with Crippen LogP contribution in [0.4, 0.5) is 0 Å². The summed E-state index contributed by atoms with van der Waals surface area (Å²) < 4.78 is 0. The fraction of sp³-hybridized carbons (Fsp3) is 0.300. The first-order valence-electron chi connectivity index (χ1n) is 4.37. The molecule has 1 fully saturated rings. The van der Waals surface area contributed by atoms with Crippen molar-refractivity contribution in [2.75, 3.05) is 0 Å². The molecule has 2 aromatic rings. The van der Waals surface area contributed by atoms with E-state index in [0.29, 0.717) is 0 Å². The Bertz CT molecular complexity index is 412. The molecule has 0 aliphatic heterocycles. The number of rotatable bonds is 1. The quantitative estimate of drug-likeness (QED) is 0.678. The first-order chi connectivity index (χ1) is 5.95. The summed E-state index contributed by atoms with van der Waals surface area (Å²) in [5.41, 5.74) is 2.50. The molecule has 60 valence electrons. The fourth-order valence-electron chi connectivity index (χ4n) is 1.73. The van der Waals surface area contributed by atoms with Crippen molar-refractivity contribution >= 4 is 11.0 Å². The van der Waals surface area contributed by atoms with Gasteiger partial charge in [-0.05, 0) is 36.5 Å². The smallest absolute Gasteiger partial charge is 0.137 e. The lowest BCUT2D eigenvalue weighted by molar-refractivity contribution is 1.14. The van der Waals surface area contributed by atoms with Crippen molar-refractivity contribution in [2.45, 2.75) is 18.8 Å². The summed E-state index contributed by atoms with van der Waals surface area (Å²) in [6.07, 6.45) is 6.56. The number of pyridine rings is 1. The maximum Gasteiger partial charge on any atom is 0.137 e. The Labute approximate surface area is 70.6 Å². The monoisotopic (exact) mass is 158 g/mol. The molecular weight excluding hydrogens is 148 g/mol. The van der Waals surface area contributed by atoms with E-state index in [1.54, 1.807) is 0 Å². The van der Waals surface area contributed by atoms with E-state index < -0.39 is 0 Å². The van der Waals surface area contributed by atoms with Crippen LogP contribution >= 0.6 is 0 Å². The van der Waals surface area contributed by atoms with Gasteiger partial charge in [-0.15, -0.1) is 0 Å². The van der Waals surface area contributed by atoms with Gasteiger partial charge >= 0.3 is 0 Å². The minimum absolute atomic E-state index is 0.811. The van der Waals surface area contributed by atoms with Crippen molar-refractivity contribution in [3.63, 3.8) is 0 Å². The zero-order valence-electron chi connectivity index (χ0n) is 6.75. The van der Waals surface area contributed by atoms with Crippen molar-refractivity contribution in [2.24, 2.45) is 0 Å². The van der Waals surface area contributed by atoms with Crippen LogP contribution in [0.25, 0.3) is 11.0 Å². The number of aromatic amines is 1. The summed E-state index contributed by atoms with van der Waals surface area (Å²) in [6, 6.07) is 4.27. The molecular formula is C10H10N2. The molecule has 3 rings (SSSR count). The van der Waals surface area contributed by atoms with Crippen molar-refractivity contribution in [1.82, 2.24) is 9.97 Å². The van der Waals surface area contributed by atoms with Gasteiger partial charge in [0.05, 0.1) is 0 Å². The van der Waals surface area contributed by atoms with Gasteiger partial charge in [0.25, 0.3) is 0 Å². The van der Waals surface area contributed by atoms with E-state index in [0.717, 1.165) is 11.6 Å². The highest BCUT2D eigenvalue weighted by Gasteiger charge is 2.25. The van der Waals surface area contributed by atoms with Gasteiger partial charge in [0.1, 0.15) is 5.65 Å². The van der Waals surface area contributed by atoms with Gasteiger partial charge in [-0.3, -0.25) is 0 Å². The highest BCUT2D eigenvalue weighted by molar-refractivity contribution is 5.80. The molecule has 2 aromatic heterocycles. The lowest BCUT2D eigenvalue weighted by Gasteiger charge is -1.97. The molecule has 1 aliphatic carbocycles. The predicted molar refractivity (Wildman–Crippen MR) is 48.1 cm³/mol. The standard InChI is InChI=1S/C10H10N2/c1-2-7(1)8-3-5-11-10-9(8)4-6-12-10/h3-7H,1-2H2,(H,11,12). The molecule has 1 N–H and O–H groups in total. The molecule has 2 heterocycles. The van der Waals surface area contributed by atoms with Gasteiger partial charge in [-0.1, -0.05) is 0 Å². The number of hydrogen-bond acceptors (Lipinski definition) is 1. The molecule has 0 spiro atoms. The fourth-order valence-corrected chi connectivity index (χ4v) is 1.73. The van der Waals surface area contributed by atoms with Crippen molar-refractivity contribution < 1.29 is 0 Å². The number of H-pyrrole nitrogens is 1. The molecule has 0 amide bonds. The number of fused-ring (bicyclic) bond motifs is 1. The Balaban J connectivity index is 2.32. The van der Waals surface area contributed by atoms with E-state index in [4.69, 9.17) is 0 Å². The third-order valence-electron chi connectivity index (χ3n) is 2.51. The van der Waals surface area contributed by atoms with Crippen LogP contribution in [0.3, 0.4) is 0 Å². The van der Waals surface area contributed by atoms with Crippen LogP contribution in [0, 0.1) is 0 Å². The largest absolute Gasteiger partial charge is 0.346 e. The van der Waals surface area contributed by atoms with E-state index >= 15 is 0 Å². The molecule has 1 aliphatic rings. The minimum atomic E-state index is 0.811. The maximum atomic E-state index is 4.26. The average Bonchev–Trinajstić information content (AvgIpc) is 2.82. The topological polar surface area (TPSA) is 28.7 Å². The van der Waals surface area contributed by atoms with E-state index in [1.807, 2.05) is 12.4 Å². The highest BCUT2D eigenvalue weighted by Crippen LogP contribution is 2.42. The normalized spacial score (nSPS) is 17.0. The van der Waals surface area contributed by atoms with Crippen LogP contribution in [-0.4, -0.2) is 9.97 Å². The number of hydrogen-bond donors (Lipinski definition) is 1. The van der Waals surface area contributed by atoms with Crippen LogP contribution < -0.4 is 0 Å². The lowest BCUT2D eigenvalue weighted by atomic mass is 10.1. The zero-order chi connectivity index (χ0) is 7.97. The summed E-state index contributed by atoms with van der Waals surface area (Å²) in [5.74, 6) is 0.811. The Kier molecular flexibility index (Phi) is 1.09. The van der Waals surface area contributed by atoms with E-state index in [2.05, 4.69) is 22.1 Å². The van der Waals surface area contributed by atoms with Crippen LogP contribution in [0.2, 0.25) is 0 Å². The molecule has 0 aromatic carbocycles. The summed E-state index contributed by atoms with van der Waals surface area (Å²) in [6.45, 7) is 0. The number of nitrogens with one attached hydrogen (secondary N) is 1. The Morgan fingerprint density at radius 2 is 2.25 bits per heavy atom. The summed E-state index contributed by atoms with van der Waals surface area (Å²) in [5, 5.41) is 1.31. The maximum absolute atomic E-state index is 4.26. The molecule has 0 saturated heterocycles. The third-order valence-corrected chi connectivity index (χ3v) is 2.51. The summed E-state index contributed by atoms with van der Waals surface area (Å²) in [7, 11) is 0. The van der Waals surface area contributed by atoms with Crippen LogP contribution in [0.15, 0.2) is 24.5 Å². The van der Waals surface area contributed by atoms with Crippen molar-refractivity contribution in [3.05, 3.63) is 30.1 Å². The average molecular weight is 158 g/mol. The first kappa shape index (κ1) is 6.23. The lowest BCUT2D eigenvalue weighted by Crippen LogP contribution is -1.82. The van der Waals surface area contributed by atoms with Gasteiger partial charge in [0.2, 0.25) is 0 Å². The molecule has 0 bridgehead atoms. The molecule has 0 radical (unpaired) electrons. The summed E-state index contributed by atoms with van der Waals surface area (Å²) in [4.78, 5) is 7.39. The van der Waals surface area contributed by atoms with Crippen LogP contribution in [0.5, 0.6) is 0 Å². The highest BCUT2D eigenvalue weighted by atomic mass is 14.8. The van der Waals surface area contributed by atoms with Crippen LogP contribution in [0.1, 0.15) is 24.3 Å². The molecule has 2 heteroatoms. The zero-order valence-corrected chi connectivity index (χ0v) is 6.75. The Morgan fingerprint density at radius 1 is 1.33 bits per heavy atom. The SMILES string of the molecule is c1cc(C2CC2)c2cc[nH]c2n1. The molecule has 0 unspecified atom stereocenters. The molecule has 1 saturated carbocycles. The first-order valence-corrected chi connectivity index (χ1v) is 4.37. The third kappa shape index (κ3) is 0.779. The van der Waals surface area contributed by atoms with Gasteiger partial charge in [-0.25, -0.2) is 4.98 Å². The van der Waals surface area contributed by atoms with Crippen LogP contribution in [-0.2, 0) is 0 Å². The predicted octanol–water partition coefficient (Wildman–Crippen LogP) is 2.44. The van der Waals surface area contributed by atoms with Crippen molar-refractivity contribution in [1.29, 1.82) is 0 Å². The Morgan fingerprint density at radius 3 is 3.08 bits per heavy atom. The van der Waals surface area contributed by atoms with Gasteiger partial charge in [0, 0.05) is 17.8 Å². The van der Waals surface area contributed by atoms with Gasteiger partial charge < -0.3 is 4.98 Å². The number of nitrogens with zero attached hydrogens (tertiary/aromatic N) is 1. The minimum Gasteiger partial charge on any atom is -0.346 e. The molecule has 0 atom stereocenters. The second-order valence-electron chi connectivity index (χ2n) is 3.41. The van der Waals surface area contributed by atoms with E-state index in [9.17, 15) is 0 Å². The molecule has 12 heavy (non-hydrogen) atoms. The second-order valence-corrected chi connectivity index (χ2v) is 3.41. The second kappa shape index (κ2) is 2.09. The van der Waals surface area contributed by atoms with E-state index in [-0.39, 0.29) is 0 Å². The van der Waals surface area contributed by atoms with E-state index in [1.165, 1.54) is 23.8 Å². The van der Waals surface area contributed by atoms with Crippen molar-refractivity contribution in [3.8, 4) is 0 Å². The molecule has 2 nitrogen and oxygen atoms in total. The number of aromatic nitrogens is 2. The van der Waals surface area contributed by atoms with Gasteiger partial charge in [-0.2, -0.15) is 0 Å². The summed E-state index contributed by atoms with van der Waals surface area (Å²) >= 11 is 0. The van der Waals surface area contributed by atoms with Gasteiger partial charge in [0.15, 0.2) is 0 Å².